The molecule has 8 heteroatoms. The van der Waals surface area contributed by atoms with Crippen LogP contribution in [0.4, 0.5) is 5.69 Å². The van der Waals surface area contributed by atoms with Crippen LogP contribution in [0.3, 0.4) is 0 Å². The number of hydrogen-bond acceptors (Lipinski definition) is 5. The van der Waals surface area contributed by atoms with E-state index in [0.717, 1.165) is 34.4 Å². The van der Waals surface area contributed by atoms with Gasteiger partial charge >= 0.3 is 7.12 Å². The van der Waals surface area contributed by atoms with Crippen molar-refractivity contribution in [3.05, 3.63) is 45.1 Å². The van der Waals surface area contributed by atoms with Gasteiger partial charge in [-0.2, -0.15) is 0 Å². The van der Waals surface area contributed by atoms with Crippen LogP contribution in [0.25, 0.3) is 0 Å². The van der Waals surface area contributed by atoms with Crippen molar-refractivity contribution in [1.82, 2.24) is 0 Å². The Kier molecular flexibility index (Phi) is 7.43. The minimum atomic E-state index is -2.03. The molecule has 5 nitrogen and oxygen atoms in total. The lowest BCUT2D eigenvalue weighted by Gasteiger charge is -2.36. The molecule has 1 fully saturated rings. The van der Waals surface area contributed by atoms with Gasteiger partial charge in [0, 0.05) is 10.6 Å². The third-order valence-electron chi connectivity index (χ3n) is 8.57. The van der Waals surface area contributed by atoms with Gasteiger partial charge in [0.15, 0.2) is 8.32 Å². The van der Waals surface area contributed by atoms with E-state index in [1.54, 1.807) is 11.3 Å². The molecular formula is C28H42BNO4SSi. The maximum absolute atomic E-state index is 13.4. The molecule has 2 heterocycles. The van der Waals surface area contributed by atoms with E-state index in [4.69, 9.17) is 13.7 Å². The first-order chi connectivity index (χ1) is 16.6. The fourth-order valence-corrected chi connectivity index (χ4v) is 6.42. The standard InChI is InChI=1S/C28H42BNO4SSi/c1-26(2,3)36(8,9)32-18-20-21(29-33-27(4,5)28(6,7)34-29)14-12-15-22(20)30-25(31)24-17-19-13-10-11-16-23(19)35-24/h12,14-15,17H,10-11,13,16,18H2,1-9H3,(H,30,31). The molecule has 1 amide bonds. The number of fused-ring (bicyclic) bond motifs is 1. The lowest BCUT2D eigenvalue weighted by Crippen LogP contribution is -2.42. The van der Waals surface area contributed by atoms with Gasteiger partial charge in [-0.05, 0) is 100 Å². The van der Waals surface area contributed by atoms with E-state index in [9.17, 15) is 4.79 Å². The Labute approximate surface area is 222 Å². The lowest BCUT2D eigenvalue weighted by molar-refractivity contribution is 0.00578. The van der Waals surface area contributed by atoms with Gasteiger partial charge in [-0.3, -0.25) is 4.79 Å². The molecule has 4 rings (SSSR count). The van der Waals surface area contributed by atoms with Crippen LogP contribution in [0.1, 0.15) is 87.0 Å². The molecule has 36 heavy (non-hydrogen) atoms. The number of benzene rings is 1. The highest BCUT2D eigenvalue weighted by Crippen LogP contribution is 2.39. The summed E-state index contributed by atoms with van der Waals surface area (Å²) in [5.41, 5.74) is 3.03. The molecule has 1 aliphatic carbocycles. The molecule has 0 unspecified atom stereocenters. The molecule has 2 aromatic rings. The molecule has 0 saturated carbocycles. The summed E-state index contributed by atoms with van der Waals surface area (Å²) in [6.07, 6.45) is 4.56. The number of carbonyl (C=O) groups excluding carboxylic acids is 1. The van der Waals surface area contributed by atoms with E-state index in [1.165, 1.54) is 23.3 Å². The van der Waals surface area contributed by atoms with Crippen LogP contribution in [0, 0.1) is 0 Å². The summed E-state index contributed by atoms with van der Waals surface area (Å²) in [7, 11) is -2.56. The number of rotatable bonds is 6. The smallest absolute Gasteiger partial charge is 0.412 e. The summed E-state index contributed by atoms with van der Waals surface area (Å²) < 4.78 is 19.5. The normalized spacial score (nSPS) is 19.3. The number of thiophene rings is 1. The van der Waals surface area contributed by atoms with Crippen molar-refractivity contribution < 1.29 is 18.5 Å². The van der Waals surface area contributed by atoms with Gasteiger partial charge in [0.25, 0.3) is 5.91 Å². The quantitative estimate of drug-likeness (QED) is 0.425. The Morgan fingerprint density at radius 2 is 1.75 bits per heavy atom. The molecule has 2 aliphatic rings. The van der Waals surface area contributed by atoms with Crippen LogP contribution in [0.2, 0.25) is 18.1 Å². The fourth-order valence-electron chi connectivity index (χ4n) is 4.33. The Morgan fingerprint density at radius 3 is 2.36 bits per heavy atom. The van der Waals surface area contributed by atoms with Gasteiger partial charge in [0.2, 0.25) is 0 Å². The Bertz CT molecular complexity index is 1100. The SMILES string of the molecule is CC1(C)OB(c2cccc(NC(=O)c3cc4c(s3)CCCC4)c2CO[Si](C)(C)C(C)(C)C)OC1(C)C. The summed E-state index contributed by atoms with van der Waals surface area (Å²) in [5, 5.41) is 3.29. The van der Waals surface area contributed by atoms with Crippen LogP contribution in [-0.2, 0) is 33.2 Å². The summed E-state index contributed by atoms with van der Waals surface area (Å²) in [6.45, 7) is 19.8. The van der Waals surface area contributed by atoms with Crippen LogP contribution in [0.15, 0.2) is 24.3 Å². The zero-order valence-corrected chi connectivity index (χ0v) is 25.3. The first kappa shape index (κ1) is 27.6. The van der Waals surface area contributed by atoms with E-state index < -0.39 is 26.6 Å². The van der Waals surface area contributed by atoms with Crippen LogP contribution >= 0.6 is 11.3 Å². The molecule has 1 aliphatic heterocycles. The van der Waals surface area contributed by atoms with Crippen molar-refractivity contribution in [2.24, 2.45) is 0 Å². The van der Waals surface area contributed by atoms with Crippen LogP contribution < -0.4 is 10.8 Å². The van der Waals surface area contributed by atoms with Gasteiger partial charge in [0.05, 0.1) is 22.7 Å². The number of carbonyl (C=O) groups is 1. The van der Waals surface area contributed by atoms with E-state index in [2.05, 4.69) is 72.9 Å². The molecule has 0 spiro atoms. The maximum Gasteiger partial charge on any atom is 0.495 e. The van der Waals surface area contributed by atoms with E-state index in [1.807, 2.05) is 18.2 Å². The van der Waals surface area contributed by atoms with Crippen molar-refractivity contribution in [2.45, 2.75) is 110 Å². The van der Waals surface area contributed by atoms with Gasteiger partial charge in [-0.25, -0.2) is 0 Å². The monoisotopic (exact) mass is 527 g/mol. The minimum Gasteiger partial charge on any atom is -0.412 e. The summed E-state index contributed by atoms with van der Waals surface area (Å²) in [5.74, 6) is -0.0611. The summed E-state index contributed by atoms with van der Waals surface area (Å²) >= 11 is 1.63. The summed E-state index contributed by atoms with van der Waals surface area (Å²) in [6, 6.07) is 8.04. The second-order valence-corrected chi connectivity index (χ2v) is 18.7. The highest BCUT2D eigenvalue weighted by atomic mass is 32.1. The first-order valence-electron chi connectivity index (χ1n) is 13.2. The predicted octanol–water partition coefficient (Wildman–Crippen LogP) is 6.70. The Hall–Kier alpha value is -1.45. The lowest BCUT2D eigenvalue weighted by atomic mass is 9.75. The predicted molar refractivity (Wildman–Crippen MR) is 153 cm³/mol. The van der Waals surface area contributed by atoms with Crippen LogP contribution in [0.5, 0.6) is 0 Å². The van der Waals surface area contributed by atoms with Crippen molar-refractivity contribution in [1.29, 1.82) is 0 Å². The summed E-state index contributed by atoms with van der Waals surface area (Å²) in [4.78, 5) is 15.5. The van der Waals surface area contributed by atoms with Gasteiger partial charge in [-0.15, -0.1) is 11.3 Å². The number of anilines is 1. The Balaban J connectivity index is 1.67. The third-order valence-corrected chi connectivity index (χ3v) is 14.3. The zero-order chi connectivity index (χ0) is 26.5. The Morgan fingerprint density at radius 1 is 1.11 bits per heavy atom. The van der Waals surface area contributed by atoms with Crippen molar-refractivity contribution in [3.63, 3.8) is 0 Å². The molecule has 1 aromatic heterocycles. The average Bonchev–Trinajstić information content (AvgIpc) is 3.29. The molecule has 1 saturated heterocycles. The second kappa shape index (κ2) is 9.70. The van der Waals surface area contributed by atoms with E-state index >= 15 is 0 Å². The fraction of sp³-hybridized carbons (Fsp3) is 0.607. The number of nitrogens with one attached hydrogen (secondary N) is 1. The zero-order valence-electron chi connectivity index (χ0n) is 23.5. The van der Waals surface area contributed by atoms with Crippen LogP contribution in [-0.4, -0.2) is 32.5 Å². The number of hydrogen-bond donors (Lipinski definition) is 1. The van der Waals surface area contributed by atoms with Crippen molar-refractivity contribution in [3.8, 4) is 0 Å². The van der Waals surface area contributed by atoms with Gasteiger partial charge in [0.1, 0.15) is 0 Å². The maximum atomic E-state index is 13.4. The third kappa shape index (κ3) is 5.39. The molecule has 0 bridgehead atoms. The number of aryl methyl sites for hydroxylation is 2. The van der Waals surface area contributed by atoms with Gasteiger partial charge in [-0.1, -0.05) is 32.9 Å². The first-order valence-corrected chi connectivity index (χ1v) is 16.9. The second-order valence-electron chi connectivity index (χ2n) is 12.7. The molecular weight excluding hydrogens is 485 g/mol. The highest BCUT2D eigenvalue weighted by molar-refractivity contribution is 7.14. The minimum absolute atomic E-state index is 0.0611. The topological polar surface area (TPSA) is 56.8 Å². The van der Waals surface area contributed by atoms with Gasteiger partial charge < -0.3 is 19.1 Å². The molecule has 1 N–H and O–H groups in total. The molecule has 0 radical (unpaired) electrons. The van der Waals surface area contributed by atoms with E-state index in [0.29, 0.717) is 6.61 Å². The largest absolute Gasteiger partial charge is 0.495 e. The number of amides is 1. The highest BCUT2D eigenvalue weighted by Gasteiger charge is 2.52. The average molecular weight is 528 g/mol. The molecule has 0 atom stereocenters. The van der Waals surface area contributed by atoms with Crippen molar-refractivity contribution in [2.75, 3.05) is 5.32 Å². The van der Waals surface area contributed by atoms with E-state index in [-0.39, 0.29) is 10.9 Å². The molecule has 196 valence electrons. The molecule has 1 aromatic carbocycles. The van der Waals surface area contributed by atoms with Crippen molar-refractivity contribution >= 4 is 43.8 Å².